The van der Waals surface area contributed by atoms with Crippen LogP contribution in [0.4, 0.5) is 0 Å². The molecular formula is C24H25Cl2N3O4. The molecule has 3 aliphatic rings. The number of fused-ring (bicyclic) bond motifs is 10. The summed E-state index contributed by atoms with van der Waals surface area (Å²) in [5, 5.41) is 14.7. The minimum atomic E-state index is -0.470. The molecule has 2 bridgehead atoms. The van der Waals surface area contributed by atoms with Crippen molar-refractivity contribution < 1.29 is 19.1 Å². The van der Waals surface area contributed by atoms with Crippen LogP contribution >= 0.6 is 23.2 Å². The number of nitrogens with one attached hydrogen (secondary N) is 2. The van der Waals surface area contributed by atoms with Crippen LogP contribution in [0, 0.1) is 11.3 Å². The summed E-state index contributed by atoms with van der Waals surface area (Å²) in [6.07, 6.45) is 4.50. The van der Waals surface area contributed by atoms with E-state index in [-0.39, 0.29) is 5.91 Å². The van der Waals surface area contributed by atoms with Crippen LogP contribution in [0.5, 0.6) is 11.5 Å². The molecule has 0 unspecified atom stereocenters. The Bertz CT molecular complexity index is 1030. The third kappa shape index (κ3) is 7.28. The number of halogens is 2. The van der Waals surface area contributed by atoms with Crippen LogP contribution in [0.1, 0.15) is 41.6 Å². The average molecular weight is 490 g/mol. The molecule has 2 aromatic rings. The quantitative estimate of drug-likeness (QED) is 0.612. The molecule has 2 N–H and O–H groups in total. The molecule has 174 valence electrons. The van der Waals surface area contributed by atoms with Crippen molar-refractivity contribution in [1.29, 1.82) is 5.26 Å². The maximum Gasteiger partial charge on any atom is 0.255 e. The van der Waals surface area contributed by atoms with Gasteiger partial charge in [0.15, 0.2) is 0 Å². The summed E-state index contributed by atoms with van der Waals surface area (Å²) in [5.41, 5.74) is 1.01. The van der Waals surface area contributed by atoms with E-state index in [1.165, 1.54) is 0 Å². The van der Waals surface area contributed by atoms with Crippen LogP contribution in [-0.2, 0) is 11.2 Å². The first-order valence-electron chi connectivity index (χ1n) is 10.7. The number of amides is 2. The van der Waals surface area contributed by atoms with E-state index in [9.17, 15) is 9.59 Å². The van der Waals surface area contributed by atoms with E-state index >= 15 is 0 Å². The molecule has 2 heterocycles. The summed E-state index contributed by atoms with van der Waals surface area (Å²) in [6.45, 7) is 1.55. The minimum Gasteiger partial charge on any atom is -0.493 e. The van der Waals surface area contributed by atoms with Crippen LogP contribution < -0.4 is 20.1 Å². The van der Waals surface area contributed by atoms with Gasteiger partial charge in [0.25, 0.3) is 5.91 Å². The number of hydrogen-bond donors (Lipinski definition) is 2. The Balaban J connectivity index is 0.000000323. The molecule has 2 aliphatic heterocycles. The lowest BCUT2D eigenvalue weighted by atomic mass is 10.1. The number of nitrogens with zero attached hydrogens (tertiary/aromatic N) is 1. The third-order valence-electron chi connectivity index (χ3n) is 5.23. The molecule has 0 saturated heterocycles. The van der Waals surface area contributed by atoms with Crippen LogP contribution in [0.25, 0.3) is 0 Å². The largest absolute Gasteiger partial charge is 0.493 e. The Kier molecular flexibility index (Phi) is 8.81. The molecule has 9 heteroatoms. The average Bonchev–Trinajstić information content (AvgIpc) is 3.58. The van der Waals surface area contributed by atoms with Crippen molar-refractivity contribution in [3.63, 3.8) is 0 Å². The highest BCUT2D eigenvalue weighted by Crippen LogP contribution is 2.33. The first-order valence-corrected chi connectivity index (χ1v) is 11.5. The second kappa shape index (κ2) is 11.8. The third-order valence-corrected chi connectivity index (χ3v) is 5.77. The van der Waals surface area contributed by atoms with Gasteiger partial charge in [0, 0.05) is 11.6 Å². The van der Waals surface area contributed by atoms with E-state index in [0.717, 1.165) is 31.2 Å². The second-order valence-corrected chi connectivity index (χ2v) is 8.61. The SMILES string of the molecule is N#CC1(NC=O)CC1.O=C1NCCc2ccc(c(Cl)c2)OCCCCOc2ccc(Cl)cc21. The standard InChI is InChI=1S/C19H19Cl2NO3.C5H6N2O/c20-14-4-6-17-15(12-14)19(23)22-8-7-13-3-5-18(16(21)11-13)25-10-2-1-9-24-17;6-3-5(1-2-5)7-4-8/h3-6,11-12H,1-2,7-10H2,(H,22,23);4H,1-2H2,(H,7,8). The predicted octanol–water partition coefficient (Wildman–Crippen LogP) is 4.31. The Labute approximate surface area is 203 Å². The lowest BCUT2D eigenvalue weighted by molar-refractivity contribution is -0.110. The smallest absolute Gasteiger partial charge is 0.255 e. The van der Waals surface area contributed by atoms with E-state index in [1.807, 2.05) is 24.3 Å². The number of benzene rings is 2. The first-order chi connectivity index (χ1) is 16.0. The highest BCUT2D eigenvalue weighted by Gasteiger charge is 2.42. The van der Waals surface area contributed by atoms with Crippen LogP contribution in [0.15, 0.2) is 36.4 Å². The van der Waals surface area contributed by atoms with Crippen molar-refractivity contribution in [3.8, 4) is 17.6 Å². The molecule has 0 aromatic heterocycles. The van der Waals surface area contributed by atoms with Crippen LogP contribution in [0.3, 0.4) is 0 Å². The number of rotatable bonds is 2. The van der Waals surface area contributed by atoms with Gasteiger partial charge in [-0.15, -0.1) is 0 Å². The summed E-state index contributed by atoms with van der Waals surface area (Å²) in [7, 11) is 0. The van der Waals surface area contributed by atoms with Crippen molar-refractivity contribution >= 4 is 35.5 Å². The van der Waals surface area contributed by atoms with E-state index in [2.05, 4.69) is 10.6 Å². The van der Waals surface area contributed by atoms with E-state index < -0.39 is 5.54 Å². The molecule has 2 amide bonds. The van der Waals surface area contributed by atoms with Crippen molar-refractivity contribution in [3.05, 3.63) is 57.6 Å². The fourth-order valence-electron chi connectivity index (χ4n) is 3.13. The summed E-state index contributed by atoms with van der Waals surface area (Å²) in [5.74, 6) is 1.03. The Hall–Kier alpha value is -2.95. The van der Waals surface area contributed by atoms with Gasteiger partial charge in [0.1, 0.15) is 17.0 Å². The van der Waals surface area contributed by atoms with Gasteiger partial charge in [-0.25, -0.2) is 0 Å². The molecule has 0 radical (unpaired) electrons. The Morgan fingerprint density at radius 2 is 1.76 bits per heavy atom. The van der Waals surface area contributed by atoms with Gasteiger partial charge in [-0.3, -0.25) is 9.59 Å². The molecule has 33 heavy (non-hydrogen) atoms. The van der Waals surface area contributed by atoms with Gasteiger partial charge in [-0.05, 0) is 68.0 Å². The highest BCUT2D eigenvalue weighted by molar-refractivity contribution is 6.32. The summed E-state index contributed by atoms with van der Waals surface area (Å²) in [4.78, 5) is 22.2. The number of carbonyl (C=O) groups is 2. The van der Waals surface area contributed by atoms with Gasteiger partial charge in [-0.2, -0.15) is 5.26 Å². The summed E-state index contributed by atoms with van der Waals surface area (Å²) < 4.78 is 11.5. The topological polar surface area (TPSA) is 100 Å². The van der Waals surface area contributed by atoms with Crippen LogP contribution in [-0.4, -0.2) is 37.6 Å². The molecule has 7 nitrogen and oxygen atoms in total. The van der Waals surface area contributed by atoms with Gasteiger partial charge in [0.05, 0.1) is 29.9 Å². The van der Waals surface area contributed by atoms with Crippen molar-refractivity contribution in [2.24, 2.45) is 0 Å². The minimum absolute atomic E-state index is 0.198. The van der Waals surface area contributed by atoms with Crippen molar-refractivity contribution in [1.82, 2.24) is 10.6 Å². The fourth-order valence-corrected chi connectivity index (χ4v) is 3.56. The summed E-state index contributed by atoms with van der Waals surface area (Å²) >= 11 is 12.3. The molecular weight excluding hydrogens is 465 g/mol. The zero-order valence-corrected chi connectivity index (χ0v) is 19.5. The normalized spacial score (nSPS) is 16.9. The summed E-state index contributed by atoms with van der Waals surface area (Å²) in [6, 6.07) is 12.8. The zero-order chi connectivity index (χ0) is 23.7. The van der Waals surface area contributed by atoms with Gasteiger partial charge in [-0.1, -0.05) is 29.3 Å². The van der Waals surface area contributed by atoms with Crippen LogP contribution in [0.2, 0.25) is 10.0 Å². The molecule has 2 aromatic carbocycles. The number of ether oxygens (including phenoxy) is 2. The van der Waals surface area contributed by atoms with Gasteiger partial charge >= 0.3 is 0 Å². The van der Waals surface area contributed by atoms with E-state index in [4.69, 9.17) is 37.9 Å². The monoisotopic (exact) mass is 489 g/mol. The maximum atomic E-state index is 12.5. The molecule has 1 saturated carbocycles. The Morgan fingerprint density at radius 3 is 2.36 bits per heavy atom. The highest BCUT2D eigenvalue weighted by atomic mass is 35.5. The lowest BCUT2D eigenvalue weighted by Crippen LogP contribution is -2.27. The molecule has 1 aliphatic carbocycles. The second-order valence-electron chi connectivity index (χ2n) is 7.77. The lowest BCUT2D eigenvalue weighted by Gasteiger charge is -2.14. The van der Waals surface area contributed by atoms with Crippen molar-refractivity contribution in [2.75, 3.05) is 19.8 Å². The maximum absolute atomic E-state index is 12.5. The molecule has 5 rings (SSSR count). The Morgan fingerprint density at radius 1 is 1.06 bits per heavy atom. The van der Waals surface area contributed by atoms with E-state index in [0.29, 0.717) is 59.7 Å². The van der Waals surface area contributed by atoms with E-state index in [1.54, 1.807) is 18.2 Å². The first kappa shape index (κ1) is 24.7. The molecule has 0 spiro atoms. The molecule has 0 atom stereocenters. The fraction of sp³-hybridized carbons (Fsp3) is 0.375. The molecule has 1 fully saturated rings. The number of carbonyl (C=O) groups excluding carboxylic acids is 2. The van der Waals surface area contributed by atoms with Crippen molar-refractivity contribution in [2.45, 2.75) is 37.6 Å². The zero-order valence-electron chi connectivity index (χ0n) is 18.0. The number of nitriles is 1. The van der Waals surface area contributed by atoms with Gasteiger partial charge < -0.3 is 20.1 Å². The predicted molar refractivity (Wildman–Crippen MR) is 126 cm³/mol. The van der Waals surface area contributed by atoms with Gasteiger partial charge in [0.2, 0.25) is 6.41 Å². The number of hydrogen-bond acceptors (Lipinski definition) is 5.